The fraction of sp³-hybridized carbons (Fsp3) is 0.167. The Labute approximate surface area is 224 Å². The number of nitrogens with zero attached hydrogens (tertiary/aromatic N) is 4. The van der Waals surface area contributed by atoms with Crippen LogP contribution in [-0.2, 0) is 0 Å². The summed E-state index contributed by atoms with van der Waals surface area (Å²) in [5.41, 5.74) is 1.49. The van der Waals surface area contributed by atoms with Crippen molar-refractivity contribution in [3.8, 4) is 11.6 Å². The van der Waals surface area contributed by atoms with Crippen LogP contribution >= 0.6 is 0 Å². The van der Waals surface area contributed by atoms with Crippen molar-refractivity contribution in [2.75, 3.05) is 10.9 Å². The average Bonchev–Trinajstić information content (AvgIpc) is 2.88. The molecule has 41 heavy (non-hydrogen) atoms. The molecule has 1 unspecified atom stereocenters. The third-order valence-electron chi connectivity index (χ3n) is 5.69. The molecule has 1 aromatic carbocycles. The molecule has 0 saturated carbocycles. The van der Waals surface area contributed by atoms with E-state index in [4.69, 9.17) is 16.4 Å². The quantitative estimate of drug-likeness (QED) is 0.170. The highest BCUT2D eigenvalue weighted by atomic mass is 19.4. The molecule has 3 heterocycles. The maximum atomic E-state index is 15.1. The summed E-state index contributed by atoms with van der Waals surface area (Å²) < 4.78 is 98.5. The van der Waals surface area contributed by atoms with Gasteiger partial charge in [-0.3, -0.25) is 14.2 Å². The number of hydrogen-bond acceptors (Lipinski definition) is 8. The zero-order valence-electron chi connectivity index (χ0n) is 20.6. The van der Waals surface area contributed by atoms with Crippen LogP contribution in [0.1, 0.15) is 23.7 Å². The van der Waals surface area contributed by atoms with Crippen LogP contribution in [0.4, 0.5) is 42.2 Å². The Morgan fingerprint density at radius 2 is 1.80 bits per heavy atom. The first kappa shape index (κ1) is 29.1. The van der Waals surface area contributed by atoms with Gasteiger partial charge in [0.25, 0.3) is 11.8 Å². The van der Waals surface area contributed by atoms with Crippen molar-refractivity contribution in [2.45, 2.75) is 25.6 Å². The van der Waals surface area contributed by atoms with Gasteiger partial charge in [-0.15, -0.1) is 5.17 Å². The van der Waals surface area contributed by atoms with Gasteiger partial charge in [0.1, 0.15) is 23.1 Å². The van der Waals surface area contributed by atoms with Gasteiger partial charge in [-0.1, -0.05) is 6.92 Å². The molecule has 10 nitrogen and oxygen atoms in total. The Hall–Kier alpha value is -4.93. The zero-order valence-corrected chi connectivity index (χ0v) is 20.6. The highest BCUT2D eigenvalue weighted by molar-refractivity contribution is 5.97. The number of halogens is 7. The largest absolute Gasteiger partial charge is 0.408 e. The molecule has 3 aromatic heterocycles. The summed E-state index contributed by atoms with van der Waals surface area (Å²) in [6, 6.07) is 1.41. The van der Waals surface area contributed by atoms with Crippen molar-refractivity contribution in [3.05, 3.63) is 81.8 Å². The summed E-state index contributed by atoms with van der Waals surface area (Å²) in [5, 5.41) is 1.22. The Kier molecular flexibility index (Phi) is 7.74. The number of anilines is 2. The molecule has 4 rings (SSSR count). The molecule has 0 bridgehead atoms. The van der Waals surface area contributed by atoms with Crippen LogP contribution in [0.5, 0.6) is 5.88 Å². The number of nitrogens with one attached hydrogen (secondary N) is 1. The molecule has 1 atom stereocenters. The molecule has 0 aliphatic carbocycles. The molecule has 0 aliphatic rings. The van der Waals surface area contributed by atoms with Gasteiger partial charge in [0.2, 0.25) is 11.2 Å². The number of hydrogen-bond donors (Lipinski definition) is 3. The Morgan fingerprint density at radius 1 is 1.15 bits per heavy atom. The number of carbonyl (C=O) groups excluding carboxylic acids is 1. The predicted molar refractivity (Wildman–Crippen MR) is 131 cm³/mol. The molecule has 5 N–H and O–H groups in total. The topological polar surface area (TPSA) is 141 Å². The van der Waals surface area contributed by atoms with Crippen molar-refractivity contribution >= 4 is 28.4 Å². The minimum atomic E-state index is -4.90. The predicted octanol–water partition coefficient (Wildman–Crippen LogP) is 3.66. The van der Waals surface area contributed by atoms with Crippen LogP contribution in [0.2, 0.25) is 0 Å². The van der Waals surface area contributed by atoms with E-state index in [9.17, 15) is 35.9 Å². The summed E-state index contributed by atoms with van der Waals surface area (Å²) in [5.74, 6) is -2.87. The first-order chi connectivity index (χ1) is 19.2. The van der Waals surface area contributed by atoms with Gasteiger partial charge < -0.3 is 15.9 Å². The van der Waals surface area contributed by atoms with E-state index in [1.165, 1.54) is 18.3 Å². The smallest absolute Gasteiger partial charge is 0.396 e. The van der Waals surface area contributed by atoms with Gasteiger partial charge in [0, 0.05) is 24.5 Å². The number of hydrazine groups is 1. The summed E-state index contributed by atoms with van der Waals surface area (Å²) >= 11 is 0. The lowest BCUT2D eigenvalue weighted by molar-refractivity contribution is -0.153. The normalized spacial score (nSPS) is 12.3. The van der Waals surface area contributed by atoms with Gasteiger partial charge in [-0.2, -0.15) is 18.2 Å². The van der Waals surface area contributed by atoms with Crippen LogP contribution < -0.4 is 32.3 Å². The van der Waals surface area contributed by atoms with Crippen LogP contribution in [-0.4, -0.2) is 32.7 Å². The van der Waals surface area contributed by atoms with Crippen LogP contribution in [0.25, 0.3) is 16.7 Å². The van der Waals surface area contributed by atoms with E-state index in [-0.39, 0.29) is 23.6 Å². The average molecular weight is 585 g/mol. The molecule has 0 aliphatic heterocycles. The minimum absolute atomic E-state index is 0.0107. The molecule has 0 spiro atoms. The molecule has 4 aromatic rings. The second kappa shape index (κ2) is 10.9. The summed E-state index contributed by atoms with van der Waals surface area (Å²) in [7, 11) is 0. The van der Waals surface area contributed by atoms with E-state index in [2.05, 4.69) is 9.97 Å². The number of carbonyl (C=O) groups is 1. The van der Waals surface area contributed by atoms with Gasteiger partial charge in [0.05, 0.1) is 11.1 Å². The lowest BCUT2D eigenvalue weighted by atomic mass is 10.1. The van der Waals surface area contributed by atoms with Crippen molar-refractivity contribution in [2.24, 2.45) is 5.84 Å². The fourth-order valence-corrected chi connectivity index (χ4v) is 3.75. The first-order valence-electron chi connectivity index (χ1n) is 11.4. The van der Waals surface area contributed by atoms with Crippen molar-refractivity contribution < 1.29 is 40.4 Å². The van der Waals surface area contributed by atoms with Crippen LogP contribution in [0, 0.1) is 23.3 Å². The second-order valence-electron chi connectivity index (χ2n) is 8.42. The SMILES string of the molecule is CCC(NC(=O)c1cn(-c2c(F)cc(F)cc2F)c2nc(ON(N)c3ncccc3N)c(F)cc2c1=O)C(F)(F)F. The molecule has 0 saturated heterocycles. The van der Waals surface area contributed by atoms with E-state index < -0.39 is 81.4 Å². The van der Waals surface area contributed by atoms with Crippen LogP contribution in [0.3, 0.4) is 0 Å². The van der Waals surface area contributed by atoms with E-state index in [0.29, 0.717) is 22.0 Å². The van der Waals surface area contributed by atoms with E-state index in [1.807, 2.05) is 0 Å². The number of fused-ring (bicyclic) bond motifs is 1. The Morgan fingerprint density at radius 3 is 2.39 bits per heavy atom. The van der Waals surface area contributed by atoms with E-state index in [1.54, 1.807) is 5.32 Å². The maximum absolute atomic E-state index is 15.1. The minimum Gasteiger partial charge on any atom is -0.396 e. The van der Waals surface area contributed by atoms with Gasteiger partial charge >= 0.3 is 6.18 Å². The number of amides is 1. The number of aromatic nitrogens is 3. The van der Waals surface area contributed by atoms with Gasteiger partial charge in [-0.25, -0.2) is 28.4 Å². The number of rotatable bonds is 7. The summed E-state index contributed by atoms with van der Waals surface area (Å²) in [6.45, 7) is 1.11. The molecule has 0 radical (unpaired) electrons. The second-order valence-corrected chi connectivity index (χ2v) is 8.42. The third-order valence-corrected chi connectivity index (χ3v) is 5.69. The highest BCUT2D eigenvalue weighted by Crippen LogP contribution is 2.28. The molecule has 1 amide bonds. The Bertz CT molecular complexity index is 1690. The lowest BCUT2D eigenvalue weighted by Crippen LogP contribution is -2.46. The molecular formula is C24H18F7N7O3. The lowest BCUT2D eigenvalue weighted by Gasteiger charge is -2.21. The molecule has 17 heteroatoms. The number of nitrogen functional groups attached to an aromatic ring is 1. The third kappa shape index (κ3) is 5.69. The molecule has 0 fully saturated rings. The standard InChI is InChI=1S/C24H18F7N7O3/c1-2-17(24(29,30)31)35-22(40)12-9-37(18-13(26)6-10(25)7-14(18)27)20-11(19(12)39)8-15(28)23(36-20)41-38(33)21-16(32)4-3-5-34-21/h3-9,17H,2,32-33H2,1H3,(H,35,40). The maximum Gasteiger partial charge on any atom is 0.408 e. The van der Waals surface area contributed by atoms with E-state index >= 15 is 4.39 Å². The van der Waals surface area contributed by atoms with Gasteiger partial charge in [-0.05, 0) is 24.6 Å². The fourth-order valence-electron chi connectivity index (χ4n) is 3.75. The van der Waals surface area contributed by atoms with Gasteiger partial charge in [0.15, 0.2) is 23.1 Å². The number of benzene rings is 1. The number of nitrogens with two attached hydrogens (primary N) is 2. The highest BCUT2D eigenvalue weighted by Gasteiger charge is 2.40. The monoisotopic (exact) mass is 585 g/mol. The first-order valence-corrected chi connectivity index (χ1v) is 11.4. The Balaban J connectivity index is 1.95. The zero-order chi connectivity index (χ0) is 30.2. The van der Waals surface area contributed by atoms with Crippen molar-refractivity contribution in [1.82, 2.24) is 19.9 Å². The molecular weight excluding hydrogens is 567 g/mol. The summed E-state index contributed by atoms with van der Waals surface area (Å²) in [6.07, 6.45) is -3.77. The van der Waals surface area contributed by atoms with Crippen molar-refractivity contribution in [3.63, 3.8) is 0 Å². The number of alkyl halides is 3. The molecule has 216 valence electrons. The van der Waals surface area contributed by atoms with E-state index in [0.717, 1.165) is 6.92 Å². The summed E-state index contributed by atoms with van der Waals surface area (Å²) in [4.78, 5) is 38.6. The van der Waals surface area contributed by atoms with Crippen molar-refractivity contribution in [1.29, 1.82) is 0 Å². The van der Waals surface area contributed by atoms with Crippen LogP contribution in [0.15, 0.2) is 47.5 Å². The number of pyridine rings is 3.